The van der Waals surface area contributed by atoms with Gasteiger partial charge in [0.15, 0.2) is 0 Å². The molecule has 9 nitrogen and oxygen atoms in total. The number of piperidine rings is 1. The fraction of sp³-hybridized carbons (Fsp3) is 0.529. The van der Waals surface area contributed by atoms with Crippen LogP contribution in [0.4, 0.5) is 5.69 Å². The number of benzene rings is 1. The summed E-state index contributed by atoms with van der Waals surface area (Å²) < 4.78 is 36.4. The molecule has 10 heteroatoms. The van der Waals surface area contributed by atoms with Crippen molar-refractivity contribution < 1.29 is 27.5 Å². The molecular weight excluding hydrogens is 374 g/mol. The topological polar surface area (TPSA) is 123 Å². The van der Waals surface area contributed by atoms with E-state index in [0.717, 1.165) is 0 Å². The lowest BCUT2D eigenvalue weighted by atomic mass is 9.78. The van der Waals surface area contributed by atoms with Gasteiger partial charge in [-0.05, 0) is 44.1 Å². The molecule has 1 aromatic carbocycles. The van der Waals surface area contributed by atoms with Crippen molar-refractivity contribution >= 4 is 27.6 Å². The van der Waals surface area contributed by atoms with E-state index >= 15 is 0 Å². The highest BCUT2D eigenvalue weighted by Gasteiger charge is 2.39. The van der Waals surface area contributed by atoms with Crippen molar-refractivity contribution in [2.75, 3.05) is 45.8 Å². The van der Waals surface area contributed by atoms with E-state index in [1.54, 1.807) is 13.2 Å². The van der Waals surface area contributed by atoms with Crippen molar-refractivity contribution in [1.29, 1.82) is 0 Å². The molecule has 0 atom stereocenters. The number of methoxy groups -OCH3 is 2. The molecule has 0 bridgehead atoms. The largest absolute Gasteiger partial charge is 0.468 e. The van der Waals surface area contributed by atoms with E-state index < -0.39 is 28.0 Å². The molecular formula is C17H25N3O6S. The van der Waals surface area contributed by atoms with Crippen LogP contribution in [-0.2, 0) is 29.1 Å². The predicted octanol–water partition coefficient (Wildman–Crippen LogP) is 0.0926. The van der Waals surface area contributed by atoms with Crippen LogP contribution in [0.5, 0.6) is 0 Å². The normalized spacial score (nSPS) is 16.5. The zero-order chi connectivity index (χ0) is 19.9. The Balaban J connectivity index is 2.14. The number of rotatable bonds is 8. The van der Waals surface area contributed by atoms with Gasteiger partial charge < -0.3 is 20.1 Å². The summed E-state index contributed by atoms with van der Waals surface area (Å²) in [6, 6.07) is 5.86. The first-order chi connectivity index (χ1) is 12.8. The molecule has 0 unspecified atom stereocenters. The van der Waals surface area contributed by atoms with Gasteiger partial charge in [0, 0.05) is 12.8 Å². The number of sulfonamides is 1. The number of anilines is 1. The van der Waals surface area contributed by atoms with Crippen LogP contribution in [0, 0.1) is 5.41 Å². The lowest BCUT2D eigenvalue weighted by Crippen LogP contribution is -2.47. The average Bonchev–Trinajstić information content (AvgIpc) is 2.67. The molecule has 27 heavy (non-hydrogen) atoms. The van der Waals surface area contributed by atoms with Crippen LogP contribution in [0.3, 0.4) is 0 Å². The van der Waals surface area contributed by atoms with Crippen LogP contribution in [0.1, 0.15) is 12.8 Å². The van der Waals surface area contributed by atoms with Gasteiger partial charge >= 0.3 is 5.97 Å². The first-order valence-corrected chi connectivity index (χ1v) is 9.99. The fourth-order valence-electron chi connectivity index (χ4n) is 2.93. The molecule has 2 rings (SSSR count). The second-order valence-electron chi connectivity index (χ2n) is 6.35. The SMILES string of the molecule is COCC1(C(=O)Nc2cccc(S(=O)(=O)NCC(=O)OC)c2)CCNCC1. The van der Waals surface area contributed by atoms with Crippen LogP contribution >= 0.6 is 0 Å². The molecule has 1 heterocycles. The van der Waals surface area contributed by atoms with Gasteiger partial charge in [0.1, 0.15) is 6.54 Å². The number of carbonyl (C=O) groups is 2. The Bertz CT molecular complexity index is 769. The maximum atomic E-state index is 12.8. The first-order valence-electron chi connectivity index (χ1n) is 8.51. The molecule has 0 spiro atoms. The third-order valence-electron chi connectivity index (χ3n) is 4.50. The second kappa shape index (κ2) is 9.27. The summed E-state index contributed by atoms with van der Waals surface area (Å²) in [5.74, 6) is -0.904. The van der Waals surface area contributed by atoms with Gasteiger partial charge in [-0.2, -0.15) is 4.72 Å². The maximum Gasteiger partial charge on any atom is 0.320 e. The molecule has 0 radical (unpaired) electrons. The summed E-state index contributed by atoms with van der Waals surface area (Å²) in [5.41, 5.74) is -0.298. The van der Waals surface area contributed by atoms with Crippen molar-refractivity contribution in [3.05, 3.63) is 24.3 Å². The van der Waals surface area contributed by atoms with Gasteiger partial charge in [0.05, 0.1) is 24.0 Å². The van der Waals surface area contributed by atoms with E-state index in [0.29, 0.717) is 38.2 Å². The van der Waals surface area contributed by atoms with Crippen molar-refractivity contribution in [2.24, 2.45) is 5.41 Å². The van der Waals surface area contributed by atoms with Crippen LogP contribution in [0.15, 0.2) is 29.2 Å². The molecule has 0 saturated carbocycles. The van der Waals surface area contributed by atoms with Crippen LogP contribution in [-0.4, -0.2) is 60.8 Å². The number of ether oxygens (including phenoxy) is 2. The van der Waals surface area contributed by atoms with E-state index in [9.17, 15) is 18.0 Å². The quantitative estimate of drug-likeness (QED) is 0.530. The molecule has 1 aliphatic heterocycles. The standard InChI is InChI=1S/C17H25N3O6S/c1-25-12-17(6-8-18-9-7-17)16(22)20-13-4-3-5-14(10-13)27(23,24)19-11-15(21)26-2/h3-5,10,18-19H,6-9,11-12H2,1-2H3,(H,20,22). The summed E-state index contributed by atoms with van der Waals surface area (Å²) in [6.07, 6.45) is 1.26. The third kappa shape index (κ3) is 5.48. The minimum atomic E-state index is -3.91. The predicted molar refractivity (Wildman–Crippen MR) is 98.7 cm³/mol. The van der Waals surface area contributed by atoms with Crippen LogP contribution < -0.4 is 15.4 Å². The van der Waals surface area contributed by atoms with Crippen molar-refractivity contribution in [3.63, 3.8) is 0 Å². The zero-order valence-corrected chi connectivity index (χ0v) is 16.2. The Morgan fingerprint density at radius 2 is 1.93 bits per heavy atom. The number of hydrogen-bond acceptors (Lipinski definition) is 7. The Morgan fingerprint density at radius 3 is 2.56 bits per heavy atom. The molecule has 1 saturated heterocycles. The van der Waals surface area contributed by atoms with E-state index in [1.165, 1.54) is 25.3 Å². The summed E-state index contributed by atoms with van der Waals surface area (Å²) >= 11 is 0. The van der Waals surface area contributed by atoms with Crippen molar-refractivity contribution in [3.8, 4) is 0 Å². The molecule has 1 amide bonds. The molecule has 1 aliphatic rings. The van der Waals surface area contributed by atoms with Gasteiger partial charge in [-0.25, -0.2) is 8.42 Å². The molecule has 150 valence electrons. The number of carbonyl (C=O) groups excluding carboxylic acids is 2. The molecule has 1 fully saturated rings. The zero-order valence-electron chi connectivity index (χ0n) is 15.4. The van der Waals surface area contributed by atoms with Gasteiger partial charge in [-0.15, -0.1) is 0 Å². The van der Waals surface area contributed by atoms with E-state index in [-0.39, 0.29) is 10.8 Å². The molecule has 0 aromatic heterocycles. The minimum absolute atomic E-state index is 0.0599. The first kappa shape index (κ1) is 21.3. The highest BCUT2D eigenvalue weighted by molar-refractivity contribution is 7.89. The third-order valence-corrected chi connectivity index (χ3v) is 5.90. The monoisotopic (exact) mass is 399 g/mol. The van der Waals surface area contributed by atoms with E-state index in [1.807, 2.05) is 0 Å². The summed E-state index contributed by atoms with van der Waals surface area (Å²) in [7, 11) is -1.19. The summed E-state index contributed by atoms with van der Waals surface area (Å²) in [5, 5.41) is 6.01. The highest BCUT2D eigenvalue weighted by atomic mass is 32.2. The van der Waals surface area contributed by atoms with Gasteiger partial charge in [0.2, 0.25) is 15.9 Å². The van der Waals surface area contributed by atoms with Crippen molar-refractivity contribution in [2.45, 2.75) is 17.7 Å². The lowest BCUT2D eigenvalue weighted by Gasteiger charge is -2.35. The molecule has 0 aliphatic carbocycles. The Kier molecular flexibility index (Phi) is 7.31. The fourth-order valence-corrected chi connectivity index (χ4v) is 3.95. The van der Waals surface area contributed by atoms with E-state index in [2.05, 4.69) is 20.1 Å². The number of amides is 1. The summed E-state index contributed by atoms with van der Waals surface area (Å²) in [4.78, 5) is 23.9. The maximum absolute atomic E-state index is 12.8. The summed E-state index contributed by atoms with van der Waals surface area (Å²) in [6.45, 7) is 1.24. The number of esters is 1. The van der Waals surface area contributed by atoms with Gasteiger partial charge in [-0.1, -0.05) is 6.07 Å². The Labute approximate surface area is 158 Å². The molecule has 1 aromatic rings. The van der Waals surface area contributed by atoms with E-state index in [4.69, 9.17) is 4.74 Å². The number of nitrogens with one attached hydrogen (secondary N) is 3. The van der Waals surface area contributed by atoms with Gasteiger partial charge in [0.25, 0.3) is 0 Å². The Hall–Kier alpha value is -2.01. The minimum Gasteiger partial charge on any atom is -0.468 e. The second-order valence-corrected chi connectivity index (χ2v) is 8.11. The highest BCUT2D eigenvalue weighted by Crippen LogP contribution is 2.31. The number of hydrogen-bond donors (Lipinski definition) is 3. The molecule has 3 N–H and O–H groups in total. The lowest BCUT2D eigenvalue weighted by molar-refractivity contribution is -0.139. The van der Waals surface area contributed by atoms with Crippen LogP contribution in [0.25, 0.3) is 0 Å². The van der Waals surface area contributed by atoms with Crippen LogP contribution in [0.2, 0.25) is 0 Å². The Morgan fingerprint density at radius 1 is 1.22 bits per heavy atom. The van der Waals surface area contributed by atoms with Crippen molar-refractivity contribution in [1.82, 2.24) is 10.0 Å². The average molecular weight is 399 g/mol. The smallest absolute Gasteiger partial charge is 0.320 e. The van der Waals surface area contributed by atoms with Gasteiger partial charge in [-0.3, -0.25) is 9.59 Å².